The minimum absolute atomic E-state index is 0.0267. The van der Waals surface area contributed by atoms with Crippen LogP contribution in [0.3, 0.4) is 0 Å². The van der Waals surface area contributed by atoms with Crippen molar-refractivity contribution in [2.24, 2.45) is 5.10 Å². The van der Waals surface area contributed by atoms with Crippen LogP contribution < -0.4 is 5.43 Å². The Balaban J connectivity index is 1.97. The molecule has 2 N–H and O–H groups in total. The van der Waals surface area contributed by atoms with Crippen LogP contribution >= 0.6 is 0 Å². The molecule has 7 heteroatoms. The molecule has 0 atom stereocenters. The molecule has 2 rings (SSSR count). The average Bonchev–Trinajstić information content (AvgIpc) is 2.72. The van der Waals surface area contributed by atoms with Crippen molar-refractivity contribution in [1.82, 2.24) is 10.3 Å². The monoisotopic (exact) mass is 321 g/mol. The molecule has 124 valence electrons. The highest BCUT2D eigenvalue weighted by Crippen LogP contribution is 2.18. The van der Waals surface area contributed by atoms with Gasteiger partial charge in [-0.1, -0.05) is 6.42 Å². The Kier molecular flexibility index (Phi) is 5.67. The maximum atomic E-state index is 13.2. The van der Waals surface area contributed by atoms with Crippen molar-refractivity contribution in [2.45, 2.75) is 32.6 Å². The molecule has 0 aromatic heterocycles. The largest absolute Gasteiger partial charge is 0.507 e. The zero-order valence-electron chi connectivity index (χ0n) is 13.0. The van der Waals surface area contributed by atoms with Crippen LogP contribution in [0.5, 0.6) is 5.75 Å². The molecule has 0 unspecified atom stereocenters. The number of nitrogens with one attached hydrogen (secondary N) is 1. The Labute approximate surface area is 134 Å². The van der Waals surface area contributed by atoms with E-state index >= 15 is 0 Å². The maximum Gasteiger partial charge on any atom is 0.259 e. The van der Waals surface area contributed by atoms with Crippen LogP contribution in [-0.2, 0) is 9.59 Å². The smallest absolute Gasteiger partial charge is 0.259 e. The number of carbonyl (C=O) groups is 2. The van der Waals surface area contributed by atoms with Gasteiger partial charge in [0.05, 0.1) is 5.71 Å². The van der Waals surface area contributed by atoms with Gasteiger partial charge in [0.1, 0.15) is 18.1 Å². The number of halogens is 1. The summed E-state index contributed by atoms with van der Waals surface area (Å²) in [5.74, 6) is -1.07. The lowest BCUT2D eigenvalue weighted by Crippen LogP contribution is -2.39. The van der Waals surface area contributed by atoms with Crippen molar-refractivity contribution in [2.75, 3.05) is 13.1 Å². The third kappa shape index (κ3) is 4.77. The van der Waals surface area contributed by atoms with Gasteiger partial charge in [-0.15, -0.1) is 0 Å². The molecular formula is C16H20FN3O3. The van der Waals surface area contributed by atoms with E-state index in [1.54, 1.807) is 6.92 Å². The predicted octanol–water partition coefficient (Wildman–Crippen LogP) is 1.77. The Morgan fingerprint density at radius 3 is 2.96 bits per heavy atom. The van der Waals surface area contributed by atoms with E-state index < -0.39 is 11.7 Å². The van der Waals surface area contributed by atoms with E-state index in [9.17, 15) is 19.1 Å². The summed E-state index contributed by atoms with van der Waals surface area (Å²) in [6.45, 7) is 2.07. The highest BCUT2D eigenvalue weighted by Gasteiger charge is 2.19. The summed E-state index contributed by atoms with van der Waals surface area (Å²) in [5.41, 5.74) is 2.82. The number of benzene rings is 1. The number of hydrogen-bond donors (Lipinski definition) is 2. The summed E-state index contributed by atoms with van der Waals surface area (Å²) in [6.07, 6.45) is 3.19. The van der Waals surface area contributed by atoms with Gasteiger partial charge in [-0.05, 0) is 38.0 Å². The molecule has 6 nitrogen and oxygen atoms in total. The van der Waals surface area contributed by atoms with Crippen molar-refractivity contribution >= 4 is 17.5 Å². The van der Waals surface area contributed by atoms with Gasteiger partial charge in [-0.2, -0.15) is 5.10 Å². The van der Waals surface area contributed by atoms with E-state index in [0.29, 0.717) is 13.0 Å². The standard InChI is InChI=1S/C16H20FN3O3/c1-11(13-9-12(17)6-7-14(13)21)18-19-15(22)10-20-8-4-2-3-5-16(20)23/h6-7,9,21H,2-5,8,10H2,1H3,(H,19,22)/b18-11+. The van der Waals surface area contributed by atoms with Crippen LogP contribution in [0.15, 0.2) is 23.3 Å². The summed E-state index contributed by atoms with van der Waals surface area (Å²) in [7, 11) is 0. The topological polar surface area (TPSA) is 82.0 Å². The SMILES string of the molecule is C/C(=N\NC(=O)CN1CCCCCC1=O)c1cc(F)ccc1O. The molecule has 0 aliphatic carbocycles. The molecule has 1 aromatic rings. The minimum atomic E-state index is -0.506. The Hall–Kier alpha value is -2.44. The van der Waals surface area contributed by atoms with E-state index in [-0.39, 0.29) is 29.5 Å². The fraction of sp³-hybridized carbons (Fsp3) is 0.438. The Bertz CT molecular complexity index is 631. The molecule has 23 heavy (non-hydrogen) atoms. The average molecular weight is 321 g/mol. The number of carbonyl (C=O) groups excluding carboxylic acids is 2. The molecule has 0 bridgehead atoms. The van der Waals surface area contributed by atoms with Gasteiger partial charge in [0.15, 0.2) is 0 Å². The molecule has 0 radical (unpaired) electrons. The highest BCUT2D eigenvalue weighted by molar-refractivity contribution is 6.01. The first kappa shape index (κ1) is 16.9. The fourth-order valence-corrected chi connectivity index (χ4v) is 2.42. The second-order valence-electron chi connectivity index (χ2n) is 5.52. The zero-order valence-corrected chi connectivity index (χ0v) is 13.0. The quantitative estimate of drug-likeness (QED) is 0.655. The third-order valence-electron chi connectivity index (χ3n) is 3.70. The number of hydrazone groups is 1. The first-order valence-electron chi connectivity index (χ1n) is 7.57. The van der Waals surface area contributed by atoms with Gasteiger partial charge in [-0.25, -0.2) is 9.82 Å². The third-order valence-corrected chi connectivity index (χ3v) is 3.70. The van der Waals surface area contributed by atoms with E-state index in [4.69, 9.17) is 0 Å². The highest BCUT2D eigenvalue weighted by atomic mass is 19.1. The lowest BCUT2D eigenvalue weighted by atomic mass is 10.1. The fourth-order valence-electron chi connectivity index (χ4n) is 2.42. The molecule has 2 amide bonds. The van der Waals surface area contributed by atoms with Crippen molar-refractivity contribution in [3.63, 3.8) is 0 Å². The van der Waals surface area contributed by atoms with Gasteiger partial charge in [0, 0.05) is 18.5 Å². The van der Waals surface area contributed by atoms with Gasteiger partial charge < -0.3 is 10.0 Å². The molecule has 0 spiro atoms. The lowest BCUT2D eigenvalue weighted by Gasteiger charge is -2.19. The van der Waals surface area contributed by atoms with E-state index in [1.165, 1.54) is 11.0 Å². The van der Waals surface area contributed by atoms with Gasteiger partial charge in [0.2, 0.25) is 5.91 Å². The van der Waals surface area contributed by atoms with Crippen LogP contribution in [0.2, 0.25) is 0 Å². The maximum absolute atomic E-state index is 13.2. The number of likely N-dealkylation sites (tertiary alicyclic amines) is 1. The van der Waals surface area contributed by atoms with Gasteiger partial charge >= 0.3 is 0 Å². The van der Waals surface area contributed by atoms with Crippen LogP contribution in [0.1, 0.15) is 38.2 Å². The van der Waals surface area contributed by atoms with Crippen molar-refractivity contribution < 1.29 is 19.1 Å². The molecule has 1 aromatic carbocycles. The number of hydrogen-bond acceptors (Lipinski definition) is 4. The van der Waals surface area contributed by atoms with Gasteiger partial charge in [-0.3, -0.25) is 9.59 Å². The van der Waals surface area contributed by atoms with E-state index in [1.807, 2.05) is 0 Å². The molecule has 1 heterocycles. The van der Waals surface area contributed by atoms with Crippen LogP contribution in [-0.4, -0.2) is 40.6 Å². The molecule has 1 fully saturated rings. The molecule has 0 saturated carbocycles. The normalized spacial score (nSPS) is 16.2. The summed E-state index contributed by atoms with van der Waals surface area (Å²) in [5, 5.41) is 13.5. The Morgan fingerprint density at radius 1 is 1.39 bits per heavy atom. The summed E-state index contributed by atoms with van der Waals surface area (Å²) < 4.78 is 13.2. The second kappa shape index (κ2) is 7.71. The number of amides is 2. The lowest BCUT2D eigenvalue weighted by molar-refractivity contribution is -0.135. The first-order valence-corrected chi connectivity index (χ1v) is 7.57. The van der Waals surface area contributed by atoms with Gasteiger partial charge in [0.25, 0.3) is 5.91 Å². The molecule has 1 aliphatic rings. The van der Waals surface area contributed by atoms with Crippen molar-refractivity contribution in [3.05, 3.63) is 29.6 Å². The number of rotatable bonds is 4. The van der Waals surface area contributed by atoms with Crippen LogP contribution in [0.25, 0.3) is 0 Å². The minimum Gasteiger partial charge on any atom is -0.507 e. The van der Waals surface area contributed by atoms with Crippen molar-refractivity contribution in [1.29, 1.82) is 0 Å². The number of phenols is 1. The first-order chi connectivity index (χ1) is 11.0. The molecule has 1 aliphatic heterocycles. The Morgan fingerprint density at radius 2 is 2.17 bits per heavy atom. The number of aromatic hydroxyl groups is 1. The predicted molar refractivity (Wildman–Crippen MR) is 83.5 cm³/mol. The summed E-state index contributed by atoms with van der Waals surface area (Å²) in [4.78, 5) is 25.3. The van der Waals surface area contributed by atoms with Crippen LogP contribution in [0, 0.1) is 5.82 Å². The number of phenolic OH excluding ortho intramolecular Hbond substituents is 1. The molecule has 1 saturated heterocycles. The van der Waals surface area contributed by atoms with Crippen LogP contribution in [0.4, 0.5) is 4.39 Å². The van der Waals surface area contributed by atoms with E-state index in [2.05, 4.69) is 10.5 Å². The molecular weight excluding hydrogens is 301 g/mol. The summed E-state index contributed by atoms with van der Waals surface area (Å²) in [6, 6.07) is 3.50. The zero-order chi connectivity index (χ0) is 16.8. The number of nitrogens with zero attached hydrogens (tertiary/aromatic N) is 2. The van der Waals surface area contributed by atoms with E-state index in [0.717, 1.165) is 31.4 Å². The van der Waals surface area contributed by atoms with Crippen molar-refractivity contribution in [3.8, 4) is 5.75 Å². The summed E-state index contributed by atoms with van der Waals surface area (Å²) >= 11 is 0. The second-order valence-corrected chi connectivity index (χ2v) is 5.52.